The molecule has 0 fully saturated rings. The minimum Gasteiger partial charge on any atom is -0.318 e. The Kier molecular flexibility index (Phi) is 4.41. The maximum atomic E-state index is 12.3. The standard InChI is InChI=1S/C14H8F6N2O2/c15-13(16,17)11(23)21-9-5-1-3-7-8(9)4-2-6-10(7)22-12(24)14(18,19)20/h1-6H,(H,21,23)(H,22,24). The first-order valence-corrected chi connectivity index (χ1v) is 6.28. The third-order valence-electron chi connectivity index (χ3n) is 2.93. The summed E-state index contributed by atoms with van der Waals surface area (Å²) in [5, 5.41) is 3.35. The van der Waals surface area contributed by atoms with Crippen LogP contribution in [-0.2, 0) is 9.59 Å². The molecule has 0 radical (unpaired) electrons. The normalized spacial score (nSPS) is 12.1. The van der Waals surface area contributed by atoms with Crippen LogP contribution < -0.4 is 10.6 Å². The van der Waals surface area contributed by atoms with Crippen LogP contribution in [0.4, 0.5) is 37.7 Å². The molecule has 0 aliphatic rings. The van der Waals surface area contributed by atoms with Crippen LogP contribution >= 0.6 is 0 Å². The summed E-state index contributed by atoms with van der Waals surface area (Å²) >= 11 is 0. The summed E-state index contributed by atoms with van der Waals surface area (Å²) in [5.74, 6) is -4.44. The molecule has 24 heavy (non-hydrogen) atoms. The quantitative estimate of drug-likeness (QED) is 0.809. The van der Waals surface area contributed by atoms with E-state index in [0.29, 0.717) is 0 Å². The van der Waals surface area contributed by atoms with Crippen LogP contribution in [0.25, 0.3) is 10.8 Å². The average molecular weight is 350 g/mol. The van der Waals surface area contributed by atoms with Crippen molar-refractivity contribution in [2.24, 2.45) is 0 Å². The van der Waals surface area contributed by atoms with Gasteiger partial charge >= 0.3 is 24.2 Å². The number of amides is 2. The van der Waals surface area contributed by atoms with Crippen LogP contribution in [0.5, 0.6) is 0 Å². The van der Waals surface area contributed by atoms with Crippen molar-refractivity contribution in [1.29, 1.82) is 0 Å². The summed E-state index contributed by atoms with van der Waals surface area (Å²) in [4.78, 5) is 22.0. The lowest BCUT2D eigenvalue weighted by Crippen LogP contribution is -2.30. The topological polar surface area (TPSA) is 58.2 Å². The molecule has 2 rings (SSSR count). The molecular formula is C14H8F6N2O2. The SMILES string of the molecule is O=C(Nc1cccc2c(NC(=O)C(F)(F)F)cccc12)C(F)(F)F. The maximum absolute atomic E-state index is 12.3. The van der Waals surface area contributed by atoms with Gasteiger partial charge in [0, 0.05) is 22.1 Å². The smallest absolute Gasteiger partial charge is 0.318 e. The number of alkyl halides is 6. The van der Waals surface area contributed by atoms with Gasteiger partial charge in [-0.1, -0.05) is 24.3 Å². The van der Waals surface area contributed by atoms with Crippen LogP contribution in [0.3, 0.4) is 0 Å². The Bertz CT molecular complexity index is 731. The first-order chi connectivity index (χ1) is 11.0. The molecular weight excluding hydrogens is 342 g/mol. The number of carbonyl (C=O) groups excluding carboxylic acids is 2. The van der Waals surface area contributed by atoms with Gasteiger partial charge in [0.05, 0.1) is 0 Å². The molecule has 0 aromatic heterocycles. The van der Waals surface area contributed by atoms with Crippen molar-refractivity contribution in [2.45, 2.75) is 12.4 Å². The van der Waals surface area contributed by atoms with E-state index >= 15 is 0 Å². The fraction of sp³-hybridized carbons (Fsp3) is 0.143. The Morgan fingerprint density at radius 1 is 0.667 bits per heavy atom. The number of anilines is 2. The Morgan fingerprint density at radius 2 is 1.00 bits per heavy atom. The molecule has 0 saturated heterocycles. The first kappa shape index (κ1) is 17.6. The van der Waals surface area contributed by atoms with Crippen molar-refractivity contribution >= 4 is 34.0 Å². The zero-order chi connectivity index (χ0) is 18.1. The molecule has 128 valence electrons. The van der Waals surface area contributed by atoms with Gasteiger partial charge in [0.1, 0.15) is 0 Å². The minimum absolute atomic E-state index is 0.0371. The van der Waals surface area contributed by atoms with Gasteiger partial charge in [0.25, 0.3) is 0 Å². The largest absolute Gasteiger partial charge is 0.471 e. The third kappa shape index (κ3) is 3.76. The predicted molar refractivity (Wildman–Crippen MR) is 73.3 cm³/mol. The molecule has 0 spiro atoms. The Morgan fingerprint density at radius 3 is 1.29 bits per heavy atom. The van der Waals surface area contributed by atoms with Gasteiger partial charge < -0.3 is 10.6 Å². The zero-order valence-corrected chi connectivity index (χ0v) is 11.5. The van der Waals surface area contributed by atoms with Crippen molar-refractivity contribution in [3.8, 4) is 0 Å². The Hall–Kier alpha value is -2.78. The average Bonchev–Trinajstić information content (AvgIpc) is 2.46. The molecule has 0 atom stereocenters. The van der Waals surface area contributed by atoms with Crippen LogP contribution in [0.1, 0.15) is 0 Å². The van der Waals surface area contributed by atoms with E-state index in [9.17, 15) is 35.9 Å². The predicted octanol–water partition coefficient (Wildman–Crippen LogP) is 3.84. The second kappa shape index (κ2) is 6.02. The van der Waals surface area contributed by atoms with E-state index in [1.807, 2.05) is 0 Å². The van der Waals surface area contributed by atoms with E-state index in [0.717, 1.165) is 12.1 Å². The molecule has 2 aromatic carbocycles. The lowest BCUT2D eigenvalue weighted by atomic mass is 10.1. The number of fused-ring (bicyclic) bond motifs is 1. The van der Waals surface area contributed by atoms with E-state index in [4.69, 9.17) is 0 Å². The van der Waals surface area contributed by atoms with Crippen molar-refractivity contribution < 1.29 is 35.9 Å². The summed E-state index contributed by atoms with van der Waals surface area (Å²) in [6.07, 6.45) is -10.2. The van der Waals surface area contributed by atoms with E-state index in [1.54, 1.807) is 10.6 Å². The van der Waals surface area contributed by atoms with E-state index in [1.165, 1.54) is 24.3 Å². The third-order valence-corrected chi connectivity index (χ3v) is 2.93. The highest BCUT2D eigenvalue weighted by atomic mass is 19.4. The van der Waals surface area contributed by atoms with Crippen molar-refractivity contribution in [3.05, 3.63) is 36.4 Å². The summed E-state index contributed by atoms with van der Waals surface area (Å²) in [6, 6.07) is 7.37. The van der Waals surface area contributed by atoms with Crippen molar-refractivity contribution in [1.82, 2.24) is 0 Å². The highest BCUT2D eigenvalue weighted by Gasteiger charge is 2.39. The van der Waals surface area contributed by atoms with Gasteiger partial charge in [-0.15, -0.1) is 0 Å². The number of hydrogen-bond acceptors (Lipinski definition) is 2. The fourth-order valence-electron chi connectivity index (χ4n) is 1.91. The molecule has 2 aromatic rings. The molecule has 0 saturated carbocycles. The maximum Gasteiger partial charge on any atom is 0.471 e. The molecule has 0 heterocycles. The van der Waals surface area contributed by atoms with Crippen LogP contribution in [0.2, 0.25) is 0 Å². The van der Waals surface area contributed by atoms with Gasteiger partial charge in [-0.05, 0) is 12.1 Å². The summed E-state index contributed by atoms with van der Waals surface area (Å²) < 4.78 is 73.9. The minimum atomic E-state index is -5.12. The van der Waals surface area contributed by atoms with Gasteiger partial charge in [0.15, 0.2) is 0 Å². The van der Waals surface area contributed by atoms with Crippen molar-refractivity contribution in [3.63, 3.8) is 0 Å². The number of rotatable bonds is 2. The van der Waals surface area contributed by atoms with Crippen molar-refractivity contribution in [2.75, 3.05) is 10.6 Å². The molecule has 2 amide bonds. The second-order valence-electron chi connectivity index (χ2n) is 4.61. The lowest BCUT2D eigenvalue weighted by molar-refractivity contribution is -0.167. The number of benzene rings is 2. The number of carbonyl (C=O) groups is 2. The molecule has 0 bridgehead atoms. The van der Waals surface area contributed by atoms with Crippen LogP contribution in [0.15, 0.2) is 36.4 Å². The van der Waals surface area contributed by atoms with Crippen LogP contribution in [-0.4, -0.2) is 24.2 Å². The fourth-order valence-corrected chi connectivity index (χ4v) is 1.91. The van der Waals surface area contributed by atoms with Gasteiger partial charge in [-0.2, -0.15) is 26.3 Å². The van der Waals surface area contributed by atoms with Gasteiger partial charge in [0.2, 0.25) is 0 Å². The zero-order valence-electron chi connectivity index (χ0n) is 11.5. The molecule has 4 nitrogen and oxygen atoms in total. The molecule has 10 heteroatoms. The lowest BCUT2D eigenvalue weighted by Gasteiger charge is -2.14. The summed E-state index contributed by atoms with van der Waals surface area (Å²) in [7, 11) is 0. The van der Waals surface area contributed by atoms with Gasteiger partial charge in [-0.25, -0.2) is 0 Å². The number of hydrogen-bond donors (Lipinski definition) is 2. The number of halogens is 6. The highest BCUT2D eigenvalue weighted by molar-refractivity contribution is 6.10. The van der Waals surface area contributed by atoms with Gasteiger partial charge in [-0.3, -0.25) is 9.59 Å². The van der Waals surface area contributed by atoms with Crippen LogP contribution in [0, 0.1) is 0 Å². The summed E-state index contributed by atoms with van der Waals surface area (Å²) in [5.41, 5.74) is -0.504. The first-order valence-electron chi connectivity index (χ1n) is 6.28. The van der Waals surface area contributed by atoms with E-state index in [2.05, 4.69) is 0 Å². The van der Waals surface area contributed by atoms with E-state index < -0.39 is 24.2 Å². The Balaban J connectivity index is 2.43. The number of nitrogens with one attached hydrogen (secondary N) is 2. The molecule has 0 aliphatic heterocycles. The Labute approximate surface area is 130 Å². The monoisotopic (exact) mass is 350 g/mol. The molecule has 0 aliphatic carbocycles. The summed E-state index contributed by atoms with van der Waals surface area (Å²) in [6.45, 7) is 0. The molecule has 2 N–H and O–H groups in total. The van der Waals surface area contributed by atoms with E-state index in [-0.39, 0.29) is 22.1 Å². The second-order valence-corrected chi connectivity index (χ2v) is 4.61. The molecule has 0 unspecified atom stereocenters. The highest BCUT2D eigenvalue weighted by Crippen LogP contribution is 2.31.